The first-order chi connectivity index (χ1) is 12.7. The van der Waals surface area contributed by atoms with E-state index in [1.165, 1.54) is 11.8 Å². The molecule has 0 spiro atoms. The van der Waals surface area contributed by atoms with Crippen molar-refractivity contribution < 1.29 is 19.1 Å². The van der Waals surface area contributed by atoms with E-state index in [0.717, 1.165) is 21.9 Å². The summed E-state index contributed by atoms with van der Waals surface area (Å²) in [6.07, 6.45) is 0.259. The highest BCUT2D eigenvalue weighted by Crippen LogP contribution is 2.35. The normalized spacial score (nSPS) is 14.9. The van der Waals surface area contributed by atoms with Crippen molar-refractivity contribution in [2.45, 2.75) is 17.9 Å². The molecule has 7 heteroatoms. The first kappa shape index (κ1) is 16.8. The number of thioether (sulfide) groups is 1. The van der Waals surface area contributed by atoms with Gasteiger partial charge in [-0.1, -0.05) is 18.2 Å². The van der Waals surface area contributed by atoms with Crippen molar-refractivity contribution in [2.75, 3.05) is 24.0 Å². The summed E-state index contributed by atoms with van der Waals surface area (Å²) >= 11 is 1.54. The van der Waals surface area contributed by atoms with E-state index in [0.29, 0.717) is 24.6 Å². The Morgan fingerprint density at radius 1 is 1.15 bits per heavy atom. The Morgan fingerprint density at radius 3 is 2.92 bits per heavy atom. The average molecular weight is 370 g/mol. The van der Waals surface area contributed by atoms with Crippen molar-refractivity contribution in [3.8, 4) is 11.5 Å². The van der Waals surface area contributed by atoms with Crippen LogP contribution in [0.25, 0.3) is 0 Å². The van der Waals surface area contributed by atoms with E-state index in [1.807, 2.05) is 42.5 Å². The molecule has 1 N–H and O–H groups in total. The molecule has 26 heavy (non-hydrogen) atoms. The molecule has 2 aliphatic heterocycles. The SMILES string of the molecule is O=C(CCN1C(=O)CSc2ccccc21)NCc1ccc2c(c1)OCO2. The highest BCUT2D eigenvalue weighted by Gasteiger charge is 2.24. The van der Waals surface area contributed by atoms with E-state index < -0.39 is 0 Å². The Morgan fingerprint density at radius 2 is 2.00 bits per heavy atom. The maximum absolute atomic E-state index is 12.2. The second kappa shape index (κ2) is 7.29. The summed E-state index contributed by atoms with van der Waals surface area (Å²) in [5.41, 5.74) is 1.83. The third-order valence-corrected chi connectivity index (χ3v) is 5.34. The zero-order chi connectivity index (χ0) is 17.9. The van der Waals surface area contributed by atoms with Crippen LogP contribution in [0.3, 0.4) is 0 Å². The minimum Gasteiger partial charge on any atom is -0.454 e. The van der Waals surface area contributed by atoms with Gasteiger partial charge < -0.3 is 19.7 Å². The smallest absolute Gasteiger partial charge is 0.237 e. The number of carbonyl (C=O) groups is 2. The fourth-order valence-electron chi connectivity index (χ4n) is 2.95. The molecule has 0 saturated heterocycles. The Hall–Kier alpha value is -2.67. The maximum atomic E-state index is 12.2. The van der Waals surface area contributed by atoms with Gasteiger partial charge in [-0.05, 0) is 29.8 Å². The second-order valence-corrected chi connectivity index (χ2v) is 7.03. The number of hydrogen-bond donors (Lipinski definition) is 1. The molecule has 2 aromatic carbocycles. The van der Waals surface area contributed by atoms with E-state index in [2.05, 4.69) is 5.32 Å². The summed E-state index contributed by atoms with van der Waals surface area (Å²) in [6.45, 7) is 1.02. The lowest BCUT2D eigenvalue weighted by atomic mass is 10.2. The molecular formula is C19H18N2O4S. The molecule has 0 aliphatic carbocycles. The van der Waals surface area contributed by atoms with Crippen LogP contribution in [0.1, 0.15) is 12.0 Å². The van der Waals surface area contributed by atoms with E-state index in [1.54, 1.807) is 4.90 Å². The molecule has 2 aromatic rings. The molecule has 2 aliphatic rings. The van der Waals surface area contributed by atoms with Crippen LogP contribution in [0.5, 0.6) is 11.5 Å². The lowest BCUT2D eigenvalue weighted by Gasteiger charge is -2.28. The van der Waals surface area contributed by atoms with Gasteiger partial charge in [0.1, 0.15) is 0 Å². The Kier molecular flexibility index (Phi) is 4.71. The summed E-state index contributed by atoms with van der Waals surface area (Å²) in [7, 11) is 0. The second-order valence-electron chi connectivity index (χ2n) is 6.02. The Labute approximate surface area is 155 Å². The molecular weight excluding hydrogens is 352 g/mol. The Balaban J connectivity index is 1.32. The summed E-state index contributed by atoms with van der Waals surface area (Å²) in [5.74, 6) is 1.78. The fourth-order valence-corrected chi connectivity index (χ4v) is 3.89. The molecule has 0 fully saturated rings. The summed E-state index contributed by atoms with van der Waals surface area (Å²) in [4.78, 5) is 27.2. The van der Waals surface area contributed by atoms with Gasteiger partial charge in [-0.3, -0.25) is 9.59 Å². The van der Waals surface area contributed by atoms with Crippen LogP contribution in [-0.2, 0) is 16.1 Å². The van der Waals surface area contributed by atoms with E-state index in [-0.39, 0.29) is 25.0 Å². The Bertz CT molecular complexity index is 855. The molecule has 0 aromatic heterocycles. The number of hydrogen-bond acceptors (Lipinski definition) is 5. The predicted octanol–water partition coefficient (Wildman–Crippen LogP) is 2.56. The van der Waals surface area contributed by atoms with Crippen molar-refractivity contribution in [3.63, 3.8) is 0 Å². The molecule has 0 radical (unpaired) electrons. The molecule has 6 nitrogen and oxygen atoms in total. The van der Waals surface area contributed by atoms with Gasteiger partial charge in [0.2, 0.25) is 18.6 Å². The largest absolute Gasteiger partial charge is 0.454 e. The van der Waals surface area contributed by atoms with E-state index in [9.17, 15) is 9.59 Å². The number of para-hydroxylation sites is 1. The van der Waals surface area contributed by atoms with Gasteiger partial charge in [0.15, 0.2) is 11.5 Å². The quantitative estimate of drug-likeness (QED) is 0.876. The molecule has 134 valence electrons. The van der Waals surface area contributed by atoms with Gasteiger partial charge >= 0.3 is 0 Å². The molecule has 4 rings (SSSR count). The van der Waals surface area contributed by atoms with Crippen LogP contribution < -0.4 is 19.7 Å². The average Bonchev–Trinajstić information content (AvgIpc) is 3.13. The topological polar surface area (TPSA) is 67.9 Å². The first-order valence-corrected chi connectivity index (χ1v) is 9.37. The maximum Gasteiger partial charge on any atom is 0.237 e. The number of benzene rings is 2. The zero-order valence-corrected chi connectivity index (χ0v) is 14.9. The van der Waals surface area contributed by atoms with Crippen LogP contribution >= 0.6 is 11.8 Å². The molecule has 0 saturated carbocycles. The molecule has 2 amide bonds. The van der Waals surface area contributed by atoms with Gasteiger partial charge in [0, 0.05) is 24.4 Å². The number of anilines is 1. The van der Waals surface area contributed by atoms with E-state index in [4.69, 9.17) is 9.47 Å². The van der Waals surface area contributed by atoms with Gasteiger partial charge in [-0.15, -0.1) is 11.8 Å². The minimum absolute atomic E-state index is 0.0391. The van der Waals surface area contributed by atoms with Gasteiger partial charge in [0.25, 0.3) is 0 Å². The van der Waals surface area contributed by atoms with Gasteiger partial charge in [-0.2, -0.15) is 0 Å². The monoisotopic (exact) mass is 370 g/mol. The van der Waals surface area contributed by atoms with Crippen LogP contribution in [0.2, 0.25) is 0 Å². The molecule has 0 atom stereocenters. The van der Waals surface area contributed by atoms with Gasteiger partial charge in [0.05, 0.1) is 11.4 Å². The lowest BCUT2D eigenvalue weighted by Crippen LogP contribution is -2.38. The van der Waals surface area contributed by atoms with Crippen LogP contribution in [0, 0.1) is 0 Å². The first-order valence-electron chi connectivity index (χ1n) is 8.38. The summed E-state index contributed by atoms with van der Waals surface area (Å²) in [5, 5.41) is 2.89. The number of carbonyl (C=O) groups excluding carboxylic acids is 2. The number of rotatable bonds is 5. The number of fused-ring (bicyclic) bond motifs is 2. The van der Waals surface area contributed by atoms with Crippen LogP contribution in [0.15, 0.2) is 47.4 Å². The van der Waals surface area contributed by atoms with Crippen LogP contribution in [0.4, 0.5) is 5.69 Å². The zero-order valence-electron chi connectivity index (χ0n) is 14.1. The highest BCUT2D eigenvalue weighted by atomic mass is 32.2. The third-order valence-electron chi connectivity index (χ3n) is 4.30. The number of ether oxygens (including phenoxy) is 2. The lowest BCUT2D eigenvalue weighted by molar-refractivity contribution is -0.121. The van der Waals surface area contributed by atoms with Gasteiger partial charge in [-0.25, -0.2) is 0 Å². The highest BCUT2D eigenvalue weighted by molar-refractivity contribution is 8.00. The number of amides is 2. The molecule has 0 unspecified atom stereocenters. The fraction of sp³-hybridized carbons (Fsp3) is 0.263. The summed E-state index contributed by atoms with van der Waals surface area (Å²) in [6, 6.07) is 13.4. The van der Waals surface area contributed by atoms with E-state index >= 15 is 0 Å². The predicted molar refractivity (Wildman–Crippen MR) is 98.5 cm³/mol. The van der Waals surface area contributed by atoms with Crippen molar-refractivity contribution in [3.05, 3.63) is 48.0 Å². The standard InChI is InChI=1S/C19H18N2O4S/c22-18(20-10-13-5-6-15-16(9-13)25-12-24-15)7-8-21-14-3-1-2-4-17(14)26-11-19(21)23/h1-6,9H,7-8,10-12H2,(H,20,22). The third kappa shape index (κ3) is 3.48. The van der Waals surface area contributed by atoms with Crippen LogP contribution in [-0.4, -0.2) is 30.9 Å². The number of nitrogens with one attached hydrogen (secondary N) is 1. The number of nitrogens with zero attached hydrogens (tertiary/aromatic N) is 1. The molecule has 0 bridgehead atoms. The molecule has 2 heterocycles. The minimum atomic E-state index is -0.0915. The van der Waals surface area contributed by atoms with Crippen molar-refractivity contribution in [2.24, 2.45) is 0 Å². The van der Waals surface area contributed by atoms with Crippen molar-refractivity contribution in [1.82, 2.24) is 5.32 Å². The summed E-state index contributed by atoms with van der Waals surface area (Å²) < 4.78 is 10.6. The van der Waals surface area contributed by atoms with Crippen molar-refractivity contribution in [1.29, 1.82) is 0 Å². The van der Waals surface area contributed by atoms with Crippen molar-refractivity contribution >= 4 is 29.3 Å².